The summed E-state index contributed by atoms with van der Waals surface area (Å²) < 4.78 is 10.9. The molecule has 1 aromatic rings. The molecular weight excluding hydrogens is 268 g/mol. The largest absolute Gasteiger partial charge is 0.493 e. The van der Waals surface area contributed by atoms with Crippen LogP contribution in [0.4, 0.5) is 0 Å². The molecule has 0 aliphatic carbocycles. The average Bonchev–Trinajstić information content (AvgIpc) is 2.55. The summed E-state index contributed by atoms with van der Waals surface area (Å²) in [6.45, 7) is 2.02. The lowest BCUT2D eigenvalue weighted by Gasteiger charge is -2.32. The van der Waals surface area contributed by atoms with Crippen LogP contribution < -0.4 is 14.8 Å². The van der Waals surface area contributed by atoms with Crippen molar-refractivity contribution in [1.82, 2.24) is 10.2 Å². The third kappa shape index (κ3) is 4.36. The number of ether oxygens (including phenoxy) is 2. The second-order valence-electron chi connectivity index (χ2n) is 5.22. The number of nitrogens with zero attached hydrogens (tertiary/aromatic N) is 1. The third-order valence-electron chi connectivity index (χ3n) is 3.82. The van der Waals surface area contributed by atoms with Crippen molar-refractivity contribution in [3.8, 4) is 11.5 Å². The molecular formula is C16H24N2O3. The summed E-state index contributed by atoms with van der Waals surface area (Å²) in [7, 11) is 3.56. The second-order valence-corrected chi connectivity index (χ2v) is 5.22. The molecule has 1 fully saturated rings. The number of likely N-dealkylation sites (N-methyl/N-ethyl adjacent to an activating group) is 1. The fourth-order valence-electron chi connectivity index (χ4n) is 2.58. The fourth-order valence-corrected chi connectivity index (χ4v) is 2.58. The van der Waals surface area contributed by atoms with Crippen molar-refractivity contribution in [3.05, 3.63) is 24.3 Å². The standard InChI is InChI=1S/C16H24N2O3/c1-17-13-6-5-10-18(12-13)16(19)9-11-21-15-8-4-3-7-14(15)20-2/h3-4,7-8,13,17H,5-6,9-12H2,1-2H3. The molecule has 5 nitrogen and oxygen atoms in total. The van der Waals surface area contributed by atoms with Gasteiger partial charge >= 0.3 is 0 Å². The van der Waals surface area contributed by atoms with Gasteiger partial charge in [-0.25, -0.2) is 0 Å². The van der Waals surface area contributed by atoms with Crippen LogP contribution >= 0.6 is 0 Å². The molecule has 0 bridgehead atoms. The molecule has 1 aliphatic heterocycles. The van der Waals surface area contributed by atoms with Crippen molar-refractivity contribution >= 4 is 5.91 Å². The quantitative estimate of drug-likeness (QED) is 0.866. The molecule has 0 aromatic heterocycles. The number of piperidine rings is 1. The van der Waals surface area contributed by atoms with Crippen LogP contribution in [0.25, 0.3) is 0 Å². The van der Waals surface area contributed by atoms with Gasteiger partial charge in [0.2, 0.25) is 5.91 Å². The summed E-state index contributed by atoms with van der Waals surface area (Å²) in [5.41, 5.74) is 0. The van der Waals surface area contributed by atoms with Crippen molar-refractivity contribution in [2.24, 2.45) is 0 Å². The third-order valence-corrected chi connectivity index (χ3v) is 3.82. The van der Waals surface area contributed by atoms with Gasteiger partial charge in [-0.3, -0.25) is 4.79 Å². The van der Waals surface area contributed by atoms with Gasteiger partial charge in [0.25, 0.3) is 0 Å². The van der Waals surface area contributed by atoms with Crippen LogP contribution in [0.3, 0.4) is 0 Å². The van der Waals surface area contributed by atoms with Gasteiger partial charge in [0.15, 0.2) is 11.5 Å². The van der Waals surface area contributed by atoms with Crippen molar-refractivity contribution in [3.63, 3.8) is 0 Å². The lowest BCUT2D eigenvalue weighted by molar-refractivity contribution is -0.133. The Morgan fingerprint density at radius 1 is 1.38 bits per heavy atom. The first-order chi connectivity index (χ1) is 10.2. The van der Waals surface area contributed by atoms with Crippen LogP contribution in [-0.2, 0) is 4.79 Å². The molecule has 0 spiro atoms. The minimum atomic E-state index is 0.157. The summed E-state index contributed by atoms with van der Waals surface area (Å²) in [5, 5.41) is 3.24. The molecule has 2 rings (SSSR count). The Bertz CT molecular complexity index is 465. The molecule has 1 atom stereocenters. The Morgan fingerprint density at radius 2 is 2.14 bits per heavy atom. The lowest BCUT2D eigenvalue weighted by Crippen LogP contribution is -2.47. The normalized spacial score (nSPS) is 18.4. The van der Waals surface area contributed by atoms with Gasteiger partial charge in [-0.05, 0) is 32.0 Å². The molecule has 1 aromatic carbocycles. The highest BCUT2D eigenvalue weighted by molar-refractivity contribution is 5.76. The first kappa shape index (κ1) is 15.6. The molecule has 116 valence electrons. The number of methoxy groups -OCH3 is 1. The molecule has 0 radical (unpaired) electrons. The topological polar surface area (TPSA) is 50.8 Å². The van der Waals surface area contributed by atoms with Crippen molar-refractivity contribution in [2.75, 3.05) is 33.9 Å². The van der Waals surface area contributed by atoms with E-state index < -0.39 is 0 Å². The van der Waals surface area contributed by atoms with Crippen LogP contribution in [-0.4, -0.2) is 50.7 Å². The highest BCUT2D eigenvalue weighted by Gasteiger charge is 2.22. The minimum absolute atomic E-state index is 0.157. The van der Waals surface area contributed by atoms with Gasteiger partial charge < -0.3 is 19.7 Å². The Labute approximate surface area is 126 Å². The minimum Gasteiger partial charge on any atom is -0.493 e. The van der Waals surface area contributed by atoms with E-state index in [1.54, 1.807) is 7.11 Å². The number of amides is 1. The Hall–Kier alpha value is -1.75. The predicted octanol–water partition coefficient (Wildman–Crippen LogP) is 1.67. The van der Waals surface area contributed by atoms with E-state index in [9.17, 15) is 4.79 Å². The van der Waals surface area contributed by atoms with E-state index in [-0.39, 0.29) is 5.91 Å². The second kappa shape index (κ2) is 7.88. The summed E-state index contributed by atoms with van der Waals surface area (Å²) in [5.74, 6) is 1.53. The zero-order chi connectivity index (χ0) is 15.1. The molecule has 0 saturated carbocycles. The van der Waals surface area contributed by atoms with E-state index in [1.807, 2.05) is 36.2 Å². The number of hydrogen-bond donors (Lipinski definition) is 1. The van der Waals surface area contributed by atoms with Crippen LogP contribution in [0.5, 0.6) is 11.5 Å². The number of likely N-dealkylation sites (tertiary alicyclic amines) is 1. The number of carbonyl (C=O) groups excluding carboxylic acids is 1. The maximum absolute atomic E-state index is 12.2. The summed E-state index contributed by atoms with van der Waals surface area (Å²) in [6.07, 6.45) is 2.59. The van der Waals surface area contributed by atoms with Gasteiger partial charge in [-0.1, -0.05) is 12.1 Å². The van der Waals surface area contributed by atoms with E-state index in [4.69, 9.17) is 9.47 Å². The molecule has 1 heterocycles. The van der Waals surface area contributed by atoms with E-state index in [2.05, 4.69) is 5.32 Å². The van der Waals surface area contributed by atoms with Crippen LogP contribution in [0.2, 0.25) is 0 Å². The first-order valence-electron chi connectivity index (χ1n) is 7.45. The number of rotatable bonds is 6. The SMILES string of the molecule is CNC1CCCN(C(=O)CCOc2ccccc2OC)C1. The van der Waals surface area contributed by atoms with Gasteiger partial charge in [0, 0.05) is 19.1 Å². The number of carbonyl (C=O) groups is 1. The predicted molar refractivity (Wildman–Crippen MR) is 81.8 cm³/mol. The molecule has 1 aliphatic rings. The van der Waals surface area contributed by atoms with Gasteiger partial charge in [-0.15, -0.1) is 0 Å². The fraction of sp³-hybridized carbons (Fsp3) is 0.562. The number of benzene rings is 1. The number of para-hydroxylation sites is 2. The lowest BCUT2D eigenvalue weighted by atomic mass is 10.1. The van der Waals surface area contributed by atoms with Crippen LogP contribution in [0.15, 0.2) is 24.3 Å². The van der Waals surface area contributed by atoms with Gasteiger partial charge in [-0.2, -0.15) is 0 Å². The van der Waals surface area contributed by atoms with E-state index in [0.29, 0.717) is 30.6 Å². The van der Waals surface area contributed by atoms with Crippen molar-refractivity contribution in [2.45, 2.75) is 25.3 Å². The monoisotopic (exact) mass is 292 g/mol. The Balaban J connectivity index is 1.79. The molecule has 1 N–H and O–H groups in total. The highest BCUT2D eigenvalue weighted by atomic mass is 16.5. The van der Waals surface area contributed by atoms with E-state index in [0.717, 1.165) is 25.9 Å². The summed E-state index contributed by atoms with van der Waals surface area (Å²) in [4.78, 5) is 14.1. The first-order valence-corrected chi connectivity index (χ1v) is 7.45. The van der Waals surface area contributed by atoms with Crippen LogP contribution in [0, 0.1) is 0 Å². The Morgan fingerprint density at radius 3 is 2.86 bits per heavy atom. The molecule has 1 unspecified atom stereocenters. The van der Waals surface area contributed by atoms with Crippen LogP contribution in [0.1, 0.15) is 19.3 Å². The summed E-state index contributed by atoms with van der Waals surface area (Å²) in [6, 6.07) is 7.89. The molecule has 1 amide bonds. The smallest absolute Gasteiger partial charge is 0.226 e. The van der Waals surface area contributed by atoms with Gasteiger partial charge in [0.1, 0.15) is 0 Å². The maximum Gasteiger partial charge on any atom is 0.226 e. The van der Waals surface area contributed by atoms with Crippen molar-refractivity contribution in [1.29, 1.82) is 0 Å². The highest BCUT2D eigenvalue weighted by Crippen LogP contribution is 2.25. The molecule has 5 heteroatoms. The molecule has 1 saturated heterocycles. The molecule has 21 heavy (non-hydrogen) atoms. The Kier molecular flexibility index (Phi) is 5.87. The number of hydrogen-bond acceptors (Lipinski definition) is 4. The van der Waals surface area contributed by atoms with E-state index in [1.165, 1.54) is 0 Å². The van der Waals surface area contributed by atoms with Gasteiger partial charge in [0.05, 0.1) is 20.1 Å². The zero-order valence-electron chi connectivity index (χ0n) is 12.8. The number of nitrogens with one attached hydrogen (secondary N) is 1. The average molecular weight is 292 g/mol. The van der Waals surface area contributed by atoms with Crippen molar-refractivity contribution < 1.29 is 14.3 Å². The maximum atomic E-state index is 12.2. The summed E-state index contributed by atoms with van der Waals surface area (Å²) >= 11 is 0. The van der Waals surface area contributed by atoms with E-state index >= 15 is 0 Å². The zero-order valence-corrected chi connectivity index (χ0v) is 12.8.